The molecule has 100 valence electrons. The van der Waals surface area contributed by atoms with Gasteiger partial charge in [-0.05, 0) is 62.4 Å². The Morgan fingerprint density at radius 2 is 2.18 bits per heavy atom. The lowest BCUT2D eigenvalue weighted by Crippen LogP contribution is -2.43. The number of hydrogen-bond acceptors (Lipinski definition) is 3. The summed E-state index contributed by atoms with van der Waals surface area (Å²) >= 11 is 2.09. The molecule has 2 fully saturated rings. The summed E-state index contributed by atoms with van der Waals surface area (Å²) in [6, 6.07) is 0.413. The van der Waals surface area contributed by atoms with Crippen molar-refractivity contribution < 1.29 is 4.74 Å². The van der Waals surface area contributed by atoms with Crippen molar-refractivity contribution in [3.63, 3.8) is 0 Å². The molecule has 3 heteroatoms. The minimum absolute atomic E-state index is 0.254. The third-order valence-electron chi connectivity index (χ3n) is 4.47. The van der Waals surface area contributed by atoms with Crippen LogP contribution in [0.25, 0.3) is 0 Å². The fourth-order valence-electron chi connectivity index (χ4n) is 3.12. The van der Waals surface area contributed by atoms with Crippen molar-refractivity contribution in [3.8, 4) is 0 Å². The van der Waals surface area contributed by atoms with Crippen LogP contribution in [0.2, 0.25) is 0 Å². The standard InChI is InChI=1S/C14H27NOS/c1-2-13(15)4-3-12-5-8-16-14(11-12)6-9-17-10-7-14/h12-13H,2-11,15H2,1H3. The van der Waals surface area contributed by atoms with E-state index < -0.39 is 0 Å². The molecule has 2 aliphatic heterocycles. The normalized spacial score (nSPS) is 30.4. The highest BCUT2D eigenvalue weighted by Crippen LogP contribution is 2.41. The largest absolute Gasteiger partial charge is 0.375 e. The predicted octanol–water partition coefficient (Wildman–Crippen LogP) is 3.20. The zero-order chi connectivity index (χ0) is 12.1. The van der Waals surface area contributed by atoms with E-state index in [1.165, 1.54) is 50.0 Å². The first kappa shape index (κ1) is 13.7. The lowest BCUT2D eigenvalue weighted by molar-refractivity contribution is -0.103. The van der Waals surface area contributed by atoms with E-state index in [9.17, 15) is 0 Å². The van der Waals surface area contributed by atoms with E-state index in [4.69, 9.17) is 10.5 Å². The second kappa shape index (κ2) is 6.44. The van der Waals surface area contributed by atoms with E-state index >= 15 is 0 Å². The van der Waals surface area contributed by atoms with Gasteiger partial charge < -0.3 is 10.5 Å². The van der Waals surface area contributed by atoms with Crippen molar-refractivity contribution in [2.24, 2.45) is 11.7 Å². The Bertz CT molecular complexity index is 223. The Hall–Kier alpha value is 0.270. The van der Waals surface area contributed by atoms with Crippen molar-refractivity contribution in [3.05, 3.63) is 0 Å². The van der Waals surface area contributed by atoms with E-state index in [0.717, 1.165) is 18.9 Å². The SMILES string of the molecule is CCC(N)CCC1CCOC2(CCSCC2)C1. The van der Waals surface area contributed by atoms with Crippen LogP contribution in [0, 0.1) is 5.92 Å². The van der Waals surface area contributed by atoms with Crippen molar-refractivity contribution in [1.82, 2.24) is 0 Å². The summed E-state index contributed by atoms with van der Waals surface area (Å²) < 4.78 is 6.13. The molecule has 1 spiro atoms. The van der Waals surface area contributed by atoms with Crippen LogP contribution in [0.5, 0.6) is 0 Å². The number of thioether (sulfide) groups is 1. The predicted molar refractivity (Wildman–Crippen MR) is 75.5 cm³/mol. The highest BCUT2D eigenvalue weighted by molar-refractivity contribution is 7.99. The van der Waals surface area contributed by atoms with Crippen molar-refractivity contribution >= 4 is 11.8 Å². The van der Waals surface area contributed by atoms with Gasteiger partial charge in [0.2, 0.25) is 0 Å². The number of nitrogens with two attached hydrogens (primary N) is 1. The Kier molecular flexibility index (Phi) is 5.19. The molecule has 2 nitrogen and oxygen atoms in total. The van der Waals surface area contributed by atoms with Gasteiger partial charge in [0.1, 0.15) is 0 Å². The second-order valence-corrected chi connectivity index (χ2v) is 6.97. The fourth-order valence-corrected chi connectivity index (χ4v) is 4.36. The van der Waals surface area contributed by atoms with Crippen molar-refractivity contribution in [2.45, 2.75) is 63.5 Å². The molecule has 0 aromatic rings. The summed E-state index contributed by atoms with van der Waals surface area (Å²) in [4.78, 5) is 0. The molecule has 2 aliphatic rings. The third kappa shape index (κ3) is 3.87. The van der Waals surface area contributed by atoms with Gasteiger partial charge in [-0.3, -0.25) is 0 Å². The summed E-state index contributed by atoms with van der Waals surface area (Å²) in [6.07, 6.45) is 8.72. The molecule has 2 atom stereocenters. The number of ether oxygens (including phenoxy) is 1. The Morgan fingerprint density at radius 3 is 2.88 bits per heavy atom. The maximum absolute atomic E-state index is 6.13. The Balaban J connectivity index is 1.79. The zero-order valence-corrected chi connectivity index (χ0v) is 11.9. The van der Waals surface area contributed by atoms with Gasteiger partial charge >= 0.3 is 0 Å². The minimum atomic E-state index is 0.254. The fraction of sp³-hybridized carbons (Fsp3) is 1.00. The van der Waals surface area contributed by atoms with E-state index in [1.54, 1.807) is 0 Å². The molecule has 0 radical (unpaired) electrons. The van der Waals surface area contributed by atoms with Crippen LogP contribution in [-0.4, -0.2) is 29.8 Å². The molecule has 0 aromatic carbocycles. The molecule has 0 aromatic heterocycles. The van der Waals surface area contributed by atoms with Gasteiger partial charge in [0.05, 0.1) is 5.60 Å². The molecule has 0 amide bonds. The molecule has 2 N–H and O–H groups in total. The van der Waals surface area contributed by atoms with Crippen LogP contribution < -0.4 is 5.73 Å². The van der Waals surface area contributed by atoms with Crippen molar-refractivity contribution in [1.29, 1.82) is 0 Å². The topological polar surface area (TPSA) is 35.2 Å². The van der Waals surface area contributed by atoms with Crippen molar-refractivity contribution in [2.75, 3.05) is 18.1 Å². The van der Waals surface area contributed by atoms with E-state index in [2.05, 4.69) is 18.7 Å². The molecule has 0 saturated carbocycles. The van der Waals surface area contributed by atoms with Crippen LogP contribution in [0.15, 0.2) is 0 Å². The monoisotopic (exact) mass is 257 g/mol. The van der Waals surface area contributed by atoms with Crippen LogP contribution >= 0.6 is 11.8 Å². The summed E-state index contributed by atoms with van der Waals surface area (Å²) in [7, 11) is 0. The average molecular weight is 257 g/mol. The average Bonchev–Trinajstić information content (AvgIpc) is 2.37. The summed E-state index contributed by atoms with van der Waals surface area (Å²) in [5.74, 6) is 3.45. The summed E-state index contributed by atoms with van der Waals surface area (Å²) in [5.41, 5.74) is 6.28. The number of hydrogen-bond donors (Lipinski definition) is 1. The molecule has 2 heterocycles. The minimum Gasteiger partial charge on any atom is -0.375 e. The molecule has 0 aliphatic carbocycles. The molecule has 17 heavy (non-hydrogen) atoms. The zero-order valence-electron chi connectivity index (χ0n) is 11.1. The Labute approximate surface area is 110 Å². The van der Waals surface area contributed by atoms with E-state index in [1.807, 2.05) is 0 Å². The van der Waals surface area contributed by atoms with E-state index in [0.29, 0.717) is 6.04 Å². The summed E-state index contributed by atoms with van der Waals surface area (Å²) in [6.45, 7) is 3.17. The quantitative estimate of drug-likeness (QED) is 0.840. The maximum Gasteiger partial charge on any atom is 0.0700 e. The summed E-state index contributed by atoms with van der Waals surface area (Å²) in [5, 5.41) is 0. The maximum atomic E-state index is 6.13. The Morgan fingerprint density at radius 1 is 1.41 bits per heavy atom. The van der Waals surface area contributed by atoms with Gasteiger partial charge in [-0.25, -0.2) is 0 Å². The number of rotatable bonds is 4. The smallest absolute Gasteiger partial charge is 0.0700 e. The van der Waals surface area contributed by atoms with Gasteiger partial charge in [-0.1, -0.05) is 6.92 Å². The van der Waals surface area contributed by atoms with Gasteiger partial charge in [0.15, 0.2) is 0 Å². The van der Waals surface area contributed by atoms with Gasteiger partial charge in [0, 0.05) is 12.6 Å². The van der Waals surface area contributed by atoms with Gasteiger partial charge in [-0.15, -0.1) is 0 Å². The molecular formula is C14H27NOS. The van der Waals surface area contributed by atoms with E-state index in [-0.39, 0.29) is 5.60 Å². The first-order valence-electron chi connectivity index (χ1n) is 7.21. The first-order chi connectivity index (χ1) is 8.24. The molecule has 0 bridgehead atoms. The molecule has 2 rings (SSSR count). The lowest BCUT2D eigenvalue weighted by atomic mass is 9.79. The third-order valence-corrected chi connectivity index (χ3v) is 5.45. The highest BCUT2D eigenvalue weighted by Gasteiger charge is 2.38. The lowest BCUT2D eigenvalue weighted by Gasteiger charge is -2.43. The second-order valence-electron chi connectivity index (χ2n) is 5.75. The van der Waals surface area contributed by atoms with Gasteiger partial charge in [-0.2, -0.15) is 11.8 Å². The van der Waals surface area contributed by atoms with Crippen LogP contribution in [-0.2, 0) is 4.74 Å². The molecule has 2 unspecified atom stereocenters. The van der Waals surface area contributed by atoms with Crippen LogP contribution in [0.1, 0.15) is 51.9 Å². The highest BCUT2D eigenvalue weighted by atomic mass is 32.2. The van der Waals surface area contributed by atoms with Gasteiger partial charge in [0.25, 0.3) is 0 Å². The molecule has 2 saturated heterocycles. The first-order valence-corrected chi connectivity index (χ1v) is 8.37. The molecular weight excluding hydrogens is 230 g/mol. The van der Waals surface area contributed by atoms with Crippen LogP contribution in [0.3, 0.4) is 0 Å². The van der Waals surface area contributed by atoms with Crippen LogP contribution in [0.4, 0.5) is 0 Å².